The van der Waals surface area contributed by atoms with Gasteiger partial charge >= 0.3 is 11.9 Å². The van der Waals surface area contributed by atoms with Gasteiger partial charge in [-0.05, 0) is 30.2 Å². The van der Waals surface area contributed by atoms with E-state index in [9.17, 15) is 24.6 Å². The Bertz CT molecular complexity index is 745. The van der Waals surface area contributed by atoms with Crippen LogP contribution >= 0.6 is 24.0 Å². The fourth-order valence-electron chi connectivity index (χ4n) is 2.14. The maximum atomic E-state index is 12.5. The number of carboxylic acid groups (broad SMARTS) is 2. The standard InChI is InChI=1S/C15H13NO6S2/c17-9-3-1-2-8(6-9)7-11-13(20)16(15(23)24-11)10(14(21)22)4-5-12(18)19/h1-3,6-7,10,17H,4-5H2,(H,18,19)(H,21,22)/b11-7-. The predicted octanol–water partition coefficient (Wildman–Crippen LogP) is 1.91. The molecule has 0 saturated carbocycles. The molecule has 24 heavy (non-hydrogen) atoms. The third-order valence-corrected chi connectivity index (χ3v) is 4.55. The van der Waals surface area contributed by atoms with Crippen LogP contribution in [-0.4, -0.2) is 48.4 Å². The highest BCUT2D eigenvalue weighted by Gasteiger charge is 2.40. The Morgan fingerprint density at radius 2 is 2.04 bits per heavy atom. The number of carbonyl (C=O) groups excluding carboxylic acids is 1. The molecule has 1 aliphatic heterocycles. The SMILES string of the molecule is O=C(O)CCC(C(=O)O)N1C(=O)/C(=C/c2cccc(O)c2)SC1=S. The minimum atomic E-state index is -1.33. The van der Waals surface area contributed by atoms with Gasteiger partial charge in [0, 0.05) is 6.42 Å². The lowest BCUT2D eigenvalue weighted by Crippen LogP contribution is -2.44. The quantitative estimate of drug-likeness (QED) is 0.516. The first kappa shape index (κ1) is 18.0. The number of aromatic hydroxyl groups is 1. The van der Waals surface area contributed by atoms with E-state index in [1.807, 2.05) is 0 Å². The normalized spacial score (nSPS) is 17.3. The minimum Gasteiger partial charge on any atom is -0.508 e. The molecule has 1 unspecified atom stereocenters. The average Bonchev–Trinajstić information content (AvgIpc) is 2.74. The molecule has 0 aliphatic carbocycles. The van der Waals surface area contributed by atoms with Crippen LogP contribution in [0.15, 0.2) is 29.2 Å². The van der Waals surface area contributed by atoms with Crippen molar-refractivity contribution in [2.45, 2.75) is 18.9 Å². The van der Waals surface area contributed by atoms with Crippen molar-refractivity contribution in [2.24, 2.45) is 0 Å². The summed E-state index contributed by atoms with van der Waals surface area (Å²) in [5.41, 5.74) is 0.563. The van der Waals surface area contributed by atoms with Crippen LogP contribution in [0.4, 0.5) is 0 Å². The van der Waals surface area contributed by atoms with Crippen LogP contribution in [0, 0.1) is 0 Å². The molecule has 1 fully saturated rings. The zero-order valence-electron chi connectivity index (χ0n) is 12.2. The van der Waals surface area contributed by atoms with E-state index in [2.05, 4.69) is 0 Å². The molecule has 0 aromatic heterocycles. The van der Waals surface area contributed by atoms with Gasteiger partial charge in [-0.2, -0.15) is 0 Å². The van der Waals surface area contributed by atoms with Gasteiger partial charge in [-0.25, -0.2) is 4.79 Å². The Hall–Kier alpha value is -2.39. The average molecular weight is 367 g/mol. The number of hydrogen-bond acceptors (Lipinski definition) is 6. The van der Waals surface area contributed by atoms with E-state index >= 15 is 0 Å². The van der Waals surface area contributed by atoms with Crippen LogP contribution in [0.5, 0.6) is 5.75 Å². The number of benzene rings is 1. The maximum Gasteiger partial charge on any atom is 0.326 e. The number of carbonyl (C=O) groups is 3. The van der Waals surface area contributed by atoms with Gasteiger partial charge in [-0.1, -0.05) is 36.1 Å². The fraction of sp³-hybridized carbons (Fsp3) is 0.200. The molecule has 1 saturated heterocycles. The van der Waals surface area contributed by atoms with Crippen LogP contribution in [-0.2, 0) is 14.4 Å². The fourth-order valence-corrected chi connectivity index (χ4v) is 3.49. The number of rotatable bonds is 6. The number of hydrogen-bond donors (Lipinski definition) is 3. The number of nitrogens with zero attached hydrogens (tertiary/aromatic N) is 1. The summed E-state index contributed by atoms with van der Waals surface area (Å²) in [6, 6.07) is 4.88. The second kappa shape index (κ2) is 7.45. The van der Waals surface area contributed by atoms with E-state index in [1.54, 1.807) is 12.1 Å². The number of aliphatic carboxylic acids is 2. The second-order valence-corrected chi connectivity index (χ2v) is 6.61. The van der Waals surface area contributed by atoms with E-state index in [4.69, 9.17) is 17.3 Å². The summed E-state index contributed by atoms with van der Waals surface area (Å²) < 4.78 is 0.0594. The molecule has 2 rings (SSSR count). The molecule has 0 spiro atoms. The molecule has 7 nitrogen and oxygen atoms in total. The van der Waals surface area contributed by atoms with Crippen molar-refractivity contribution in [1.82, 2.24) is 4.90 Å². The molecule has 3 N–H and O–H groups in total. The van der Waals surface area contributed by atoms with Crippen molar-refractivity contribution >= 4 is 52.2 Å². The lowest BCUT2D eigenvalue weighted by atomic mass is 10.1. The lowest BCUT2D eigenvalue weighted by molar-refractivity contribution is -0.146. The number of thioether (sulfide) groups is 1. The Morgan fingerprint density at radius 1 is 1.33 bits per heavy atom. The van der Waals surface area contributed by atoms with E-state index in [0.29, 0.717) is 5.56 Å². The summed E-state index contributed by atoms with van der Waals surface area (Å²) >= 11 is 6.02. The van der Waals surface area contributed by atoms with Crippen molar-refractivity contribution in [2.75, 3.05) is 0 Å². The van der Waals surface area contributed by atoms with E-state index in [-0.39, 0.29) is 27.8 Å². The third-order valence-electron chi connectivity index (χ3n) is 3.22. The highest BCUT2D eigenvalue weighted by molar-refractivity contribution is 8.26. The number of phenolic OH excluding ortho intramolecular Hbond substituents is 1. The molecule has 1 aromatic rings. The van der Waals surface area contributed by atoms with Crippen LogP contribution in [0.25, 0.3) is 6.08 Å². The topological polar surface area (TPSA) is 115 Å². The van der Waals surface area contributed by atoms with E-state index in [1.165, 1.54) is 18.2 Å². The molecule has 1 heterocycles. The molecule has 1 atom stereocenters. The van der Waals surface area contributed by atoms with Crippen LogP contribution in [0.3, 0.4) is 0 Å². The van der Waals surface area contributed by atoms with Crippen molar-refractivity contribution in [3.8, 4) is 5.75 Å². The van der Waals surface area contributed by atoms with Crippen LogP contribution < -0.4 is 0 Å². The molecular formula is C15H13NO6S2. The third kappa shape index (κ3) is 4.12. The van der Waals surface area contributed by atoms with Crippen LogP contribution in [0.1, 0.15) is 18.4 Å². The van der Waals surface area contributed by atoms with Gasteiger partial charge in [0.2, 0.25) is 0 Å². The van der Waals surface area contributed by atoms with Gasteiger partial charge in [0.1, 0.15) is 16.1 Å². The molecule has 0 bridgehead atoms. The van der Waals surface area contributed by atoms with Gasteiger partial charge in [0.15, 0.2) is 0 Å². The zero-order valence-corrected chi connectivity index (χ0v) is 13.8. The monoisotopic (exact) mass is 367 g/mol. The second-order valence-electron chi connectivity index (χ2n) is 4.93. The maximum absolute atomic E-state index is 12.5. The molecule has 126 valence electrons. The summed E-state index contributed by atoms with van der Waals surface area (Å²) in [7, 11) is 0. The summed E-state index contributed by atoms with van der Waals surface area (Å²) in [4.78, 5) is 35.7. The van der Waals surface area contributed by atoms with Crippen LogP contribution in [0.2, 0.25) is 0 Å². The summed E-state index contributed by atoms with van der Waals surface area (Å²) in [5, 5.41) is 27.5. The summed E-state index contributed by atoms with van der Waals surface area (Å²) in [6.45, 7) is 0. The molecule has 1 aromatic carbocycles. The zero-order chi connectivity index (χ0) is 17.9. The van der Waals surface area contributed by atoms with Crippen molar-refractivity contribution < 1.29 is 29.7 Å². The smallest absolute Gasteiger partial charge is 0.326 e. The van der Waals surface area contributed by atoms with Crippen molar-refractivity contribution in [3.63, 3.8) is 0 Å². The number of thiocarbonyl (C=S) groups is 1. The Balaban J connectivity index is 2.26. The highest BCUT2D eigenvalue weighted by Crippen LogP contribution is 2.35. The predicted molar refractivity (Wildman–Crippen MR) is 91.4 cm³/mol. The van der Waals surface area contributed by atoms with Crippen molar-refractivity contribution in [3.05, 3.63) is 34.7 Å². The largest absolute Gasteiger partial charge is 0.508 e. The first-order valence-electron chi connectivity index (χ1n) is 6.80. The highest BCUT2D eigenvalue weighted by atomic mass is 32.2. The first-order valence-corrected chi connectivity index (χ1v) is 8.02. The number of phenols is 1. The molecule has 0 radical (unpaired) electrons. The molecular weight excluding hydrogens is 354 g/mol. The van der Waals surface area contributed by atoms with Gasteiger partial charge in [-0.15, -0.1) is 0 Å². The van der Waals surface area contributed by atoms with E-state index in [0.717, 1.165) is 16.7 Å². The Labute approximate surface area is 146 Å². The number of amides is 1. The lowest BCUT2D eigenvalue weighted by Gasteiger charge is -2.22. The summed E-state index contributed by atoms with van der Waals surface area (Å²) in [6.07, 6.45) is 0.866. The van der Waals surface area contributed by atoms with Gasteiger partial charge in [-0.3, -0.25) is 14.5 Å². The molecule has 9 heteroatoms. The number of carboxylic acids is 2. The molecule has 1 amide bonds. The molecule has 1 aliphatic rings. The van der Waals surface area contributed by atoms with E-state index < -0.39 is 23.9 Å². The van der Waals surface area contributed by atoms with Crippen molar-refractivity contribution in [1.29, 1.82) is 0 Å². The van der Waals surface area contributed by atoms with Gasteiger partial charge < -0.3 is 15.3 Å². The Morgan fingerprint density at radius 3 is 2.62 bits per heavy atom. The van der Waals surface area contributed by atoms with Gasteiger partial charge in [0.05, 0.1) is 4.91 Å². The first-order chi connectivity index (χ1) is 11.3. The summed E-state index contributed by atoms with van der Waals surface area (Å²) in [5.74, 6) is -3.02. The Kier molecular flexibility index (Phi) is 5.58. The van der Waals surface area contributed by atoms with Gasteiger partial charge in [0.25, 0.3) is 5.91 Å². The minimum absolute atomic E-state index is 0.0316.